The summed E-state index contributed by atoms with van der Waals surface area (Å²) >= 11 is 5.99. The van der Waals surface area contributed by atoms with E-state index >= 15 is 0 Å². The van der Waals surface area contributed by atoms with Crippen LogP contribution in [0, 0.1) is 11.8 Å². The van der Waals surface area contributed by atoms with E-state index in [1.54, 1.807) is 18.2 Å². The molecule has 0 aromatic heterocycles. The standard InChI is InChI=1S/C17H15ClN2O2/c18-16-11-15(19)9-8-14(16)7-4-10-20-17(21)22-12-13-5-2-1-3-6-13/h1-3,5-6,8-9,11H,10,12,19H2,(H,20,21). The van der Waals surface area contributed by atoms with Crippen LogP contribution < -0.4 is 11.1 Å². The molecular formula is C17H15ClN2O2. The number of ether oxygens (including phenoxy) is 1. The van der Waals surface area contributed by atoms with Crippen LogP contribution in [0.5, 0.6) is 0 Å². The highest BCUT2D eigenvalue weighted by atomic mass is 35.5. The first-order valence-corrected chi connectivity index (χ1v) is 7.01. The molecule has 0 saturated carbocycles. The van der Waals surface area contributed by atoms with Gasteiger partial charge in [0.15, 0.2) is 0 Å². The Labute approximate surface area is 134 Å². The third-order valence-corrected chi connectivity index (χ3v) is 3.06. The van der Waals surface area contributed by atoms with E-state index in [9.17, 15) is 4.79 Å². The van der Waals surface area contributed by atoms with Crippen LogP contribution in [-0.2, 0) is 11.3 Å². The molecule has 0 aliphatic heterocycles. The molecule has 22 heavy (non-hydrogen) atoms. The maximum absolute atomic E-state index is 11.5. The lowest BCUT2D eigenvalue weighted by atomic mass is 10.2. The van der Waals surface area contributed by atoms with E-state index in [0.29, 0.717) is 16.3 Å². The third-order valence-electron chi connectivity index (χ3n) is 2.75. The summed E-state index contributed by atoms with van der Waals surface area (Å²) in [6, 6.07) is 14.5. The number of alkyl carbamates (subject to hydrolysis) is 1. The molecule has 3 N–H and O–H groups in total. The molecule has 4 nitrogen and oxygen atoms in total. The Morgan fingerprint density at radius 3 is 2.73 bits per heavy atom. The molecule has 0 saturated heterocycles. The topological polar surface area (TPSA) is 64.3 Å². The Bertz CT molecular complexity index is 706. The van der Waals surface area contributed by atoms with Crippen molar-refractivity contribution >= 4 is 23.4 Å². The molecule has 112 valence electrons. The molecular weight excluding hydrogens is 300 g/mol. The van der Waals surface area contributed by atoms with Crippen LogP contribution in [0.1, 0.15) is 11.1 Å². The Morgan fingerprint density at radius 2 is 2.00 bits per heavy atom. The van der Waals surface area contributed by atoms with Gasteiger partial charge in [-0.2, -0.15) is 0 Å². The number of amides is 1. The van der Waals surface area contributed by atoms with Gasteiger partial charge >= 0.3 is 6.09 Å². The SMILES string of the molecule is Nc1ccc(C#CCNC(=O)OCc2ccccc2)c(Cl)c1. The molecule has 1 amide bonds. The van der Waals surface area contributed by atoms with Crippen LogP contribution in [0.25, 0.3) is 0 Å². The van der Waals surface area contributed by atoms with Crippen molar-refractivity contribution in [3.05, 3.63) is 64.7 Å². The van der Waals surface area contributed by atoms with Crippen molar-refractivity contribution in [2.45, 2.75) is 6.61 Å². The van der Waals surface area contributed by atoms with Crippen LogP contribution in [0.3, 0.4) is 0 Å². The number of anilines is 1. The Hall–Kier alpha value is -2.64. The van der Waals surface area contributed by atoms with E-state index in [-0.39, 0.29) is 13.2 Å². The monoisotopic (exact) mass is 314 g/mol. The summed E-state index contributed by atoms with van der Waals surface area (Å²) < 4.78 is 5.06. The van der Waals surface area contributed by atoms with Crippen molar-refractivity contribution in [2.75, 3.05) is 12.3 Å². The van der Waals surface area contributed by atoms with Crippen molar-refractivity contribution in [1.29, 1.82) is 0 Å². The summed E-state index contributed by atoms with van der Waals surface area (Å²) in [5.74, 6) is 5.67. The fraction of sp³-hybridized carbons (Fsp3) is 0.118. The lowest BCUT2D eigenvalue weighted by molar-refractivity contribution is 0.141. The molecule has 5 heteroatoms. The lowest BCUT2D eigenvalue weighted by Gasteiger charge is -2.04. The van der Waals surface area contributed by atoms with Crippen molar-refractivity contribution in [2.24, 2.45) is 0 Å². The highest BCUT2D eigenvalue weighted by molar-refractivity contribution is 6.32. The molecule has 0 unspecified atom stereocenters. The summed E-state index contributed by atoms with van der Waals surface area (Å²) in [4.78, 5) is 11.5. The van der Waals surface area contributed by atoms with Gasteiger partial charge in [0.05, 0.1) is 11.6 Å². The number of carbonyl (C=O) groups excluding carboxylic acids is 1. The van der Waals surface area contributed by atoms with Crippen LogP contribution in [0.2, 0.25) is 5.02 Å². The van der Waals surface area contributed by atoms with Crippen molar-refractivity contribution in [3.63, 3.8) is 0 Å². The maximum atomic E-state index is 11.5. The van der Waals surface area contributed by atoms with E-state index in [0.717, 1.165) is 5.56 Å². The number of rotatable bonds is 3. The molecule has 0 aliphatic rings. The molecule has 0 radical (unpaired) electrons. The van der Waals surface area contributed by atoms with E-state index in [4.69, 9.17) is 22.1 Å². The highest BCUT2D eigenvalue weighted by Crippen LogP contribution is 2.17. The quantitative estimate of drug-likeness (QED) is 0.675. The number of carbonyl (C=O) groups is 1. The van der Waals surface area contributed by atoms with Crippen LogP contribution in [-0.4, -0.2) is 12.6 Å². The van der Waals surface area contributed by atoms with Crippen molar-refractivity contribution < 1.29 is 9.53 Å². The summed E-state index contributed by atoms with van der Waals surface area (Å²) in [6.07, 6.45) is -0.512. The second-order valence-electron chi connectivity index (χ2n) is 4.46. The number of nitrogen functional groups attached to an aromatic ring is 1. The normalized spacial score (nSPS) is 9.50. The number of hydrogen-bond acceptors (Lipinski definition) is 3. The first kappa shape index (κ1) is 15.7. The van der Waals surface area contributed by atoms with Crippen LogP contribution in [0.15, 0.2) is 48.5 Å². The second-order valence-corrected chi connectivity index (χ2v) is 4.86. The predicted octanol–water partition coefficient (Wildman–Crippen LogP) is 3.20. The molecule has 2 aromatic carbocycles. The van der Waals surface area contributed by atoms with Crippen LogP contribution in [0.4, 0.5) is 10.5 Å². The molecule has 2 rings (SSSR count). The first-order valence-electron chi connectivity index (χ1n) is 6.63. The molecule has 2 aromatic rings. The van der Waals surface area contributed by atoms with E-state index < -0.39 is 6.09 Å². The van der Waals surface area contributed by atoms with Gasteiger partial charge in [0.1, 0.15) is 6.61 Å². The van der Waals surface area contributed by atoms with Gasteiger partial charge in [-0.25, -0.2) is 4.79 Å². The number of nitrogens with one attached hydrogen (secondary N) is 1. The fourth-order valence-corrected chi connectivity index (χ4v) is 1.90. The van der Waals surface area contributed by atoms with Gasteiger partial charge in [0.25, 0.3) is 0 Å². The highest BCUT2D eigenvalue weighted by Gasteiger charge is 2.00. The minimum atomic E-state index is -0.512. The summed E-state index contributed by atoms with van der Waals surface area (Å²) in [7, 11) is 0. The summed E-state index contributed by atoms with van der Waals surface area (Å²) in [6.45, 7) is 0.401. The second kappa shape index (κ2) is 7.96. The third kappa shape index (κ3) is 5.04. The minimum absolute atomic E-state index is 0.175. The zero-order chi connectivity index (χ0) is 15.8. The van der Waals surface area contributed by atoms with E-state index in [1.165, 1.54) is 0 Å². The van der Waals surface area contributed by atoms with Gasteiger partial charge in [-0.3, -0.25) is 0 Å². The van der Waals surface area contributed by atoms with Gasteiger partial charge in [0.2, 0.25) is 0 Å². The Morgan fingerprint density at radius 1 is 1.23 bits per heavy atom. The lowest BCUT2D eigenvalue weighted by Crippen LogP contribution is -2.24. The fourth-order valence-electron chi connectivity index (χ4n) is 1.66. The van der Waals surface area contributed by atoms with Gasteiger partial charge in [-0.05, 0) is 23.8 Å². The number of benzene rings is 2. The maximum Gasteiger partial charge on any atom is 0.408 e. The average molecular weight is 315 g/mol. The number of halogens is 1. The largest absolute Gasteiger partial charge is 0.445 e. The molecule has 0 fully saturated rings. The van der Waals surface area contributed by atoms with Gasteiger partial charge in [-0.1, -0.05) is 53.8 Å². The Kier molecular flexibility index (Phi) is 5.70. The predicted molar refractivity (Wildman–Crippen MR) is 87.4 cm³/mol. The molecule has 0 atom stereocenters. The van der Waals surface area contributed by atoms with Crippen LogP contribution >= 0.6 is 11.6 Å². The Balaban J connectivity index is 1.76. The molecule has 0 heterocycles. The summed E-state index contributed by atoms with van der Waals surface area (Å²) in [5, 5.41) is 3.04. The molecule has 0 aliphatic carbocycles. The minimum Gasteiger partial charge on any atom is -0.445 e. The smallest absolute Gasteiger partial charge is 0.408 e. The van der Waals surface area contributed by atoms with E-state index in [1.807, 2.05) is 30.3 Å². The van der Waals surface area contributed by atoms with Crippen molar-refractivity contribution in [1.82, 2.24) is 5.32 Å². The van der Waals surface area contributed by atoms with Gasteiger partial charge in [0, 0.05) is 11.3 Å². The zero-order valence-corrected chi connectivity index (χ0v) is 12.6. The first-order chi connectivity index (χ1) is 10.6. The average Bonchev–Trinajstić information content (AvgIpc) is 2.52. The van der Waals surface area contributed by atoms with Crippen molar-refractivity contribution in [3.8, 4) is 11.8 Å². The number of nitrogens with two attached hydrogens (primary N) is 1. The van der Waals surface area contributed by atoms with Gasteiger partial charge in [-0.15, -0.1) is 0 Å². The molecule has 0 spiro atoms. The van der Waals surface area contributed by atoms with Gasteiger partial charge < -0.3 is 15.8 Å². The van der Waals surface area contributed by atoms with E-state index in [2.05, 4.69) is 17.2 Å². The molecule has 0 bridgehead atoms. The summed E-state index contributed by atoms with van der Waals surface area (Å²) in [5.41, 5.74) is 7.77. The number of hydrogen-bond donors (Lipinski definition) is 2. The zero-order valence-electron chi connectivity index (χ0n) is 11.8.